The largest absolute Gasteiger partial charge is 0.506 e. The zero-order valence-corrected chi connectivity index (χ0v) is 48.6. The summed E-state index contributed by atoms with van der Waals surface area (Å²) in [7, 11) is -5.28. The van der Waals surface area contributed by atoms with Gasteiger partial charge in [-0.15, -0.1) is 0 Å². The van der Waals surface area contributed by atoms with Crippen LogP contribution in [0.1, 0.15) is 73.5 Å². The number of ether oxygens (including phenoxy) is 4. The van der Waals surface area contributed by atoms with Crippen molar-refractivity contribution in [2.45, 2.75) is 62.5 Å². The van der Waals surface area contributed by atoms with Crippen LogP contribution in [0.25, 0.3) is 0 Å². The minimum atomic E-state index is -5.28. The molecule has 2 amide bonds. The van der Waals surface area contributed by atoms with Crippen molar-refractivity contribution in [1.29, 1.82) is 0 Å². The predicted molar refractivity (Wildman–Crippen MR) is 300 cm³/mol. The number of benzene rings is 7. The van der Waals surface area contributed by atoms with Crippen molar-refractivity contribution in [3.63, 3.8) is 0 Å². The quantitative estimate of drug-likeness (QED) is 0.0270. The number of carbonyl (C=O) groups excluding carboxylic acids is 6. The summed E-state index contributed by atoms with van der Waals surface area (Å²) in [4.78, 5) is 82.3. The minimum absolute atomic E-state index is 0.0540. The summed E-state index contributed by atoms with van der Waals surface area (Å²) in [6, 6.07) is 33.9. The Bertz CT molecular complexity index is 3520. The Morgan fingerprint density at radius 2 is 0.937 bits per heavy atom. The normalized spacial score (nSPS) is 13.7. The average Bonchev–Trinajstić information content (AvgIpc) is 3.26. The molecule has 0 aromatic heterocycles. The van der Waals surface area contributed by atoms with Crippen LogP contribution >= 0.6 is 63.7 Å². The first-order valence-corrected chi connectivity index (χ1v) is 28.3. The maximum atomic E-state index is 16.1. The van der Waals surface area contributed by atoms with E-state index in [1.807, 2.05) is 0 Å². The number of amides is 2. The Hall–Kier alpha value is -7.21. The van der Waals surface area contributed by atoms with Gasteiger partial charge in [-0.3, -0.25) is 19.2 Å². The molecule has 22 heteroatoms. The van der Waals surface area contributed by atoms with E-state index in [0.29, 0.717) is 22.3 Å². The number of esters is 2. The summed E-state index contributed by atoms with van der Waals surface area (Å²) in [5, 5.41) is 27.1. The second kappa shape index (κ2) is 24.9. The lowest BCUT2D eigenvalue weighted by molar-refractivity contribution is -0.132. The molecule has 0 radical (unpaired) electrons. The van der Waals surface area contributed by atoms with E-state index in [0.717, 1.165) is 0 Å². The molecular weight excluding hydrogens is 1300 g/mol. The Balaban J connectivity index is 1.36. The number of ketones is 2. The monoisotopic (exact) mass is 1340 g/mol. The van der Waals surface area contributed by atoms with Gasteiger partial charge in [0.05, 0.1) is 35.5 Å². The number of Topliss-reactive ketones (excluding diaryl/α,β-unsaturated/α-hetero) is 2. The highest BCUT2D eigenvalue weighted by atomic mass is 79.9. The van der Waals surface area contributed by atoms with Gasteiger partial charge in [-0.2, -0.15) is 8.42 Å². The number of fused-ring (bicyclic) bond motifs is 1. The Kier molecular flexibility index (Phi) is 18.2. The minimum Gasteiger partial charge on any atom is -0.506 e. The van der Waals surface area contributed by atoms with Crippen molar-refractivity contribution in [3.05, 3.63) is 214 Å². The van der Waals surface area contributed by atoms with Crippen molar-refractivity contribution in [1.82, 2.24) is 10.6 Å². The number of alkyl carbamates (subject to hydrolysis) is 2. The molecule has 4 N–H and O–H groups in total. The van der Waals surface area contributed by atoms with Gasteiger partial charge >= 0.3 is 24.1 Å². The number of halogens is 4. The van der Waals surface area contributed by atoms with Gasteiger partial charge in [0.2, 0.25) is 0 Å². The van der Waals surface area contributed by atoms with Gasteiger partial charge < -0.3 is 39.8 Å². The van der Waals surface area contributed by atoms with Gasteiger partial charge in [0.15, 0.2) is 17.2 Å². The molecule has 1 aliphatic heterocycles. The van der Waals surface area contributed by atoms with E-state index in [-0.39, 0.29) is 83.6 Å². The van der Waals surface area contributed by atoms with Crippen LogP contribution in [0.3, 0.4) is 0 Å². The molecule has 7 aromatic rings. The second-order valence-corrected chi connectivity index (χ2v) is 22.7. The second-order valence-electron chi connectivity index (χ2n) is 17.8. The first-order valence-electron chi connectivity index (χ1n) is 23.7. The van der Waals surface area contributed by atoms with Crippen LogP contribution in [-0.4, -0.2) is 66.4 Å². The summed E-state index contributed by atoms with van der Waals surface area (Å²) >= 11 is 13.4. The number of phenols is 2. The summed E-state index contributed by atoms with van der Waals surface area (Å²) in [6.45, 7) is 1.97. The number of carbonyl (C=O) groups is 6. The molecule has 0 fully saturated rings. The van der Waals surface area contributed by atoms with E-state index in [1.54, 1.807) is 60.7 Å². The van der Waals surface area contributed by atoms with Gasteiger partial charge in [-0.05, 0) is 146 Å². The highest BCUT2D eigenvalue weighted by Crippen LogP contribution is 2.55. The molecule has 0 unspecified atom stereocenters. The Morgan fingerprint density at radius 1 is 0.544 bits per heavy atom. The zero-order chi connectivity index (χ0) is 56.8. The molecule has 1 aliphatic rings. The third-order valence-corrected chi connectivity index (χ3v) is 16.1. The third kappa shape index (κ3) is 13.5. The van der Waals surface area contributed by atoms with Crippen LogP contribution in [-0.2, 0) is 65.0 Å². The summed E-state index contributed by atoms with van der Waals surface area (Å²) in [5.74, 6) is -3.52. The maximum Gasteiger partial charge on any atom is 0.408 e. The molecular formula is C57H44Br4N2O15S. The molecule has 0 bridgehead atoms. The van der Waals surface area contributed by atoms with Crippen molar-refractivity contribution in [2.24, 2.45) is 0 Å². The van der Waals surface area contributed by atoms with Gasteiger partial charge in [0, 0.05) is 37.8 Å². The summed E-state index contributed by atoms with van der Waals surface area (Å²) in [6.07, 6.45) is -2.85. The molecule has 8 rings (SSSR count). The van der Waals surface area contributed by atoms with Gasteiger partial charge in [0.1, 0.15) is 41.1 Å². The zero-order valence-electron chi connectivity index (χ0n) is 41.5. The van der Waals surface area contributed by atoms with Crippen molar-refractivity contribution < 1.29 is 70.5 Å². The predicted octanol–water partition coefficient (Wildman–Crippen LogP) is 11.4. The highest BCUT2D eigenvalue weighted by molar-refractivity contribution is 9.11. The van der Waals surface area contributed by atoms with Gasteiger partial charge in [-0.1, -0.05) is 97.1 Å². The molecule has 0 saturated carbocycles. The number of aromatic hydroxyl groups is 2. The number of rotatable bonds is 18. The lowest BCUT2D eigenvalue weighted by Crippen LogP contribution is -2.45. The molecule has 79 heavy (non-hydrogen) atoms. The van der Waals surface area contributed by atoms with E-state index < -0.39 is 79.5 Å². The molecule has 0 spiro atoms. The molecule has 7 aromatic carbocycles. The lowest BCUT2D eigenvalue weighted by Gasteiger charge is -2.31. The smallest absolute Gasteiger partial charge is 0.408 e. The summed E-state index contributed by atoms with van der Waals surface area (Å²) in [5.41, 5.74) is -1.74. The number of hydrogen-bond donors (Lipinski definition) is 4. The molecule has 17 nitrogen and oxygen atoms in total. The molecule has 0 saturated heterocycles. The highest BCUT2D eigenvalue weighted by Gasteiger charge is 2.55. The van der Waals surface area contributed by atoms with E-state index >= 15 is 18.0 Å². The Morgan fingerprint density at radius 3 is 1.33 bits per heavy atom. The number of hydrogen-bond acceptors (Lipinski definition) is 15. The van der Waals surface area contributed by atoms with Crippen LogP contribution in [0.2, 0.25) is 0 Å². The third-order valence-electron chi connectivity index (χ3n) is 12.3. The standard InChI is InChI=1S/C57H44Br4N2O15S/c1-31(64)76-39-17-13-33(14-18-39)23-47(62-55(70)74-29-35-9-5-3-6-10-35)50(66)41-21-22-42-54(79(72,73)78-57(42,37-25-43(58)51(67)44(59)26-37)38-27-45(60)52(68)46(61)28-38)49(41)53(69)48(24-34-15-19-40(20-16-34)77-32(2)65)63-56(71)75-30-36-11-7-4-8-12-36/h3-22,25-28,47-48,67-68H,23-24,29-30H2,1-2H3,(H,62,70)(H,63,71)/t47-,48-/m0/s1. The van der Waals surface area contributed by atoms with Crippen molar-refractivity contribution in [2.75, 3.05) is 0 Å². The van der Waals surface area contributed by atoms with Crippen LogP contribution in [0.4, 0.5) is 9.59 Å². The Labute approximate surface area is 486 Å². The van der Waals surface area contributed by atoms with E-state index in [9.17, 15) is 29.4 Å². The van der Waals surface area contributed by atoms with Crippen LogP contribution in [0, 0.1) is 0 Å². The first kappa shape index (κ1) is 58.0. The van der Waals surface area contributed by atoms with Crippen molar-refractivity contribution >= 4 is 110 Å². The van der Waals surface area contributed by atoms with Crippen LogP contribution in [0.5, 0.6) is 23.0 Å². The fourth-order valence-electron chi connectivity index (χ4n) is 8.72. The lowest BCUT2D eigenvalue weighted by atomic mass is 9.78. The number of nitrogens with one attached hydrogen (secondary N) is 2. The van der Waals surface area contributed by atoms with Crippen molar-refractivity contribution in [3.8, 4) is 23.0 Å². The van der Waals surface area contributed by atoms with E-state index in [2.05, 4.69) is 74.4 Å². The average molecular weight is 1350 g/mol. The first-order chi connectivity index (χ1) is 37.6. The molecule has 1 heterocycles. The molecule has 2 atom stereocenters. The van der Waals surface area contributed by atoms with Gasteiger partial charge in [-0.25, -0.2) is 13.8 Å². The molecule has 406 valence electrons. The van der Waals surface area contributed by atoms with Crippen LogP contribution < -0.4 is 20.1 Å². The van der Waals surface area contributed by atoms with E-state index in [4.69, 9.17) is 23.1 Å². The maximum absolute atomic E-state index is 16.1. The molecule has 0 aliphatic carbocycles. The van der Waals surface area contributed by atoms with Crippen LogP contribution in [0.15, 0.2) is 168 Å². The van der Waals surface area contributed by atoms with Gasteiger partial charge in [0.25, 0.3) is 10.1 Å². The fourth-order valence-corrected chi connectivity index (χ4v) is 12.7. The topological polar surface area (TPSA) is 247 Å². The SMILES string of the molecule is CC(=O)Oc1ccc(C[C@H](NC(=O)OCc2ccccc2)C(=O)c2ccc3c(c2C(=O)[C@H](Cc2ccc(OC(C)=O)cc2)NC(=O)OCc2ccccc2)S(=O)(=O)OC3(c2cc(Br)c(O)c(Br)c2)c2cc(Br)c(O)c(Br)c2)cc1. The fraction of sp³-hybridized carbons (Fsp3) is 0.158. The summed E-state index contributed by atoms with van der Waals surface area (Å²) < 4.78 is 59.1. The number of phenolic OH excluding ortho intramolecular Hbond substituents is 2. The van der Waals surface area contributed by atoms with E-state index in [1.165, 1.54) is 98.8 Å².